The van der Waals surface area contributed by atoms with E-state index in [0.717, 1.165) is 36.0 Å². The molecule has 0 saturated carbocycles. The Morgan fingerprint density at radius 1 is 1.17 bits per heavy atom. The van der Waals surface area contributed by atoms with E-state index in [-0.39, 0.29) is 18.5 Å². The summed E-state index contributed by atoms with van der Waals surface area (Å²) in [5.41, 5.74) is 0.783. The Bertz CT molecular complexity index is 858. The van der Waals surface area contributed by atoms with Gasteiger partial charge in [0.25, 0.3) is 0 Å². The van der Waals surface area contributed by atoms with Crippen LogP contribution < -0.4 is 26.6 Å². The van der Waals surface area contributed by atoms with Gasteiger partial charge in [-0.3, -0.25) is 10.6 Å². The molecule has 4 rings (SSSR count). The molecule has 4 unspecified atom stereocenters. The molecule has 0 aromatic heterocycles. The Kier molecular flexibility index (Phi) is 6.84. The fraction of sp³-hybridized carbons (Fsp3) is 0.522. The minimum Gasteiger partial charge on any atom is -0.310 e. The molecule has 2 aromatic carbocycles. The van der Waals surface area contributed by atoms with E-state index in [1.54, 1.807) is 0 Å². The molecule has 2 heterocycles. The maximum Gasteiger partial charge on any atom is 0.321 e. The van der Waals surface area contributed by atoms with Gasteiger partial charge in [0.05, 0.1) is 6.17 Å². The summed E-state index contributed by atoms with van der Waals surface area (Å²) in [6.45, 7) is 5.52. The van der Waals surface area contributed by atoms with Gasteiger partial charge in [-0.2, -0.15) is 0 Å². The Labute approximate surface area is 179 Å². The number of urea groups is 1. The lowest BCUT2D eigenvalue weighted by molar-refractivity contribution is 0.169. The number of nitrogens with one attached hydrogen (secondary N) is 5. The van der Waals surface area contributed by atoms with Crippen LogP contribution in [0.25, 0.3) is 10.8 Å². The van der Waals surface area contributed by atoms with Gasteiger partial charge in [0, 0.05) is 24.8 Å². The van der Waals surface area contributed by atoms with Gasteiger partial charge in [0.15, 0.2) is 0 Å². The molecule has 4 atom stereocenters. The quantitative estimate of drug-likeness (QED) is 0.523. The molecule has 2 fully saturated rings. The fourth-order valence-electron chi connectivity index (χ4n) is 4.56. The minimum atomic E-state index is -0.277. The van der Waals surface area contributed by atoms with E-state index >= 15 is 0 Å². The van der Waals surface area contributed by atoms with E-state index in [0.29, 0.717) is 12.0 Å². The molecular weight excluding hydrogens is 376 g/mol. The summed E-state index contributed by atoms with van der Waals surface area (Å²) in [4.78, 5) is 15.0. The van der Waals surface area contributed by atoms with Gasteiger partial charge in [-0.15, -0.1) is 0 Å². The van der Waals surface area contributed by atoms with E-state index in [9.17, 15) is 4.79 Å². The minimum absolute atomic E-state index is 0.180. The van der Waals surface area contributed by atoms with Gasteiger partial charge in [-0.05, 0) is 68.6 Å². The van der Waals surface area contributed by atoms with Crippen LogP contribution in [0, 0.1) is 5.92 Å². The predicted molar refractivity (Wildman–Crippen MR) is 122 cm³/mol. The van der Waals surface area contributed by atoms with E-state index in [4.69, 9.17) is 0 Å². The number of likely N-dealkylation sites (tertiary alicyclic amines) is 1. The van der Waals surface area contributed by atoms with Gasteiger partial charge in [0.2, 0.25) is 0 Å². The van der Waals surface area contributed by atoms with Crippen LogP contribution in [-0.4, -0.2) is 56.1 Å². The highest BCUT2D eigenvalue weighted by Gasteiger charge is 2.27. The third kappa shape index (κ3) is 5.70. The van der Waals surface area contributed by atoms with Crippen molar-refractivity contribution in [1.82, 2.24) is 26.2 Å². The van der Waals surface area contributed by atoms with Crippen molar-refractivity contribution in [1.29, 1.82) is 0 Å². The van der Waals surface area contributed by atoms with Crippen molar-refractivity contribution >= 4 is 22.5 Å². The van der Waals surface area contributed by atoms with Gasteiger partial charge in [-0.25, -0.2) is 4.79 Å². The molecule has 0 aliphatic carbocycles. The van der Waals surface area contributed by atoms with Crippen LogP contribution in [-0.2, 0) is 0 Å². The lowest BCUT2D eigenvalue weighted by Gasteiger charge is -2.38. The van der Waals surface area contributed by atoms with Crippen molar-refractivity contribution in [3.05, 3.63) is 42.5 Å². The summed E-state index contributed by atoms with van der Waals surface area (Å²) < 4.78 is 0. The molecule has 2 aliphatic rings. The van der Waals surface area contributed by atoms with Crippen molar-refractivity contribution in [2.75, 3.05) is 32.0 Å². The normalized spacial score (nSPS) is 27.7. The number of carbonyl (C=O) groups is 1. The number of rotatable bonds is 5. The molecule has 0 bridgehead atoms. The lowest BCUT2D eigenvalue weighted by Crippen LogP contribution is -2.68. The van der Waals surface area contributed by atoms with Gasteiger partial charge < -0.3 is 20.9 Å². The molecule has 30 heavy (non-hydrogen) atoms. The highest BCUT2D eigenvalue weighted by atomic mass is 16.2. The van der Waals surface area contributed by atoms with Gasteiger partial charge in [-0.1, -0.05) is 30.3 Å². The molecule has 0 radical (unpaired) electrons. The van der Waals surface area contributed by atoms with Crippen LogP contribution in [0.1, 0.15) is 26.2 Å². The summed E-state index contributed by atoms with van der Waals surface area (Å²) >= 11 is 0. The van der Waals surface area contributed by atoms with Crippen LogP contribution in [0.4, 0.5) is 10.5 Å². The van der Waals surface area contributed by atoms with E-state index in [1.807, 2.05) is 36.4 Å². The molecule has 2 aliphatic heterocycles. The third-order valence-corrected chi connectivity index (χ3v) is 6.07. The topological polar surface area (TPSA) is 80.5 Å². The first kappa shape index (κ1) is 21.1. The second kappa shape index (κ2) is 9.75. The molecule has 2 saturated heterocycles. The highest BCUT2D eigenvalue weighted by molar-refractivity contribution is 5.93. The predicted octanol–water partition coefficient (Wildman–Crippen LogP) is 2.47. The number of fused-ring (bicyclic) bond motifs is 1. The smallest absolute Gasteiger partial charge is 0.310 e. The number of nitrogens with zero attached hydrogens (tertiary/aromatic N) is 1. The molecule has 7 heteroatoms. The zero-order valence-corrected chi connectivity index (χ0v) is 17.9. The number of piperidine rings is 1. The second-order valence-electron chi connectivity index (χ2n) is 8.79. The van der Waals surface area contributed by atoms with Crippen LogP contribution >= 0.6 is 0 Å². The van der Waals surface area contributed by atoms with E-state index in [1.165, 1.54) is 19.4 Å². The van der Waals surface area contributed by atoms with E-state index in [2.05, 4.69) is 51.5 Å². The van der Waals surface area contributed by atoms with Crippen LogP contribution in [0.3, 0.4) is 0 Å². The fourth-order valence-corrected chi connectivity index (χ4v) is 4.56. The second-order valence-corrected chi connectivity index (χ2v) is 8.79. The summed E-state index contributed by atoms with van der Waals surface area (Å²) in [7, 11) is 2.20. The zero-order valence-electron chi connectivity index (χ0n) is 17.9. The lowest BCUT2D eigenvalue weighted by atomic mass is 9.98. The number of benzene rings is 2. The van der Waals surface area contributed by atoms with Crippen LogP contribution in [0.2, 0.25) is 0 Å². The molecule has 5 N–H and O–H groups in total. The SMILES string of the molecule is CC1CC(NCC2CCCN(C)C2)NC(NC(=O)Nc2ccc3ccccc3c2)N1. The molecule has 7 nitrogen and oxygen atoms in total. The first-order valence-corrected chi connectivity index (χ1v) is 11.1. The highest BCUT2D eigenvalue weighted by Crippen LogP contribution is 2.19. The number of carbonyl (C=O) groups excluding carboxylic acids is 1. The van der Waals surface area contributed by atoms with Crippen molar-refractivity contribution < 1.29 is 4.79 Å². The van der Waals surface area contributed by atoms with E-state index < -0.39 is 0 Å². The number of hydrogen-bond acceptors (Lipinski definition) is 5. The average molecular weight is 411 g/mol. The van der Waals surface area contributed by atoms with Crippen molar-refractivity contribution in [2.45, 2.75) is 44.7 Å². The van der Waals surface area contributed by atoms with Crippen molar-refractivity contribution in [2.24, 2.45) is 5.92 Å². The van der Waals surface area contributed by atoms with Gasteiger partial charge in [0.1, 0.15) is 6.29 Å². The first-order chi connectivity index (χ1) is 14.5. The largest absolute Gasteiger partial charge is 0.321 e. The molecule has 0 spiro atoms. The summed E-state index contributed by atoms with van der Waals surface area (Å²) in [5.74, 6) is 0.693. The summed E-state index contributed by atoms with van der Waals surface area (Å²) in [6.07, 6.45) is 3.44. The number of hydrogen-bond donors (Lipinski definition) is 5. The number of anilines is 1. The summed E-state index contributed by atoms with van der Waals surface area (Å²) in [5, 5.41) is 18.8. The molecule has 162 valence electrons. The maximum atomic E-state index is 12.5. The van der Waals surface area contributed by atoms with Gasteiger partial charge >= 0.3 is 6.03 Å². The molecular formula is C23H34N6O. The standard InChI is InChI=1S/C23H34N6O/c1-16-12-21(24-14-17-6-5-11-29(2)15-17)27-22(25-16)28-23(30)26-20-10-9-18-7-3-4-8-19(18)13-20/h3-4,7-10,13,16-17,21-22,24-25,27H,5-6,11-12,14-15H2,1-2H3,(H2,26,28,30). The molecule has 2 amide bonds. The Hall–Kier alpha value is -2.19. The summed E-state index contributed by atoms with van der Waals surface area (Å²) in [6, 6.07) is 14.2. The zero-order chi connectivity index (χ0) is 20.9. The van der Waals surface area contributed by atoms with Crippen LogP contribution in [0.15, 0.2) is 42.5 Å². The number of amides is 2. The third-order valence-electron chi connectivity index (χ3n) is 6.07. The molecule has 2 aromatic rings. The average Bonchev–Trinajstić information content (AvgIpc) is 2.72. The Balaban J connectivity index is 1.27. The maximum absolute atomic E-state index is 12.5. The van der Waals surface area contributed by atoms with Crippen molar-refractivity contribution in [3.8, 4) is 0 Å². The first-order valence-electron chi connectivity index (χ1n) is 11.1. The monoisotopic (exact) mass is 410 g/mol. The van der Waals surface area contributed by atoms with Crippen LogP contribution in [0.5, 0.6) is 0 Å². The Morgan fingerprint density at radius 2 is 2.00 bits per heavy atom. The Morgan fingerprint density at radius 3 is 2.83 bits per heavy atom. The van der Waals surface area contributed by atoms with Crippen molar-refractivity contribution in [3.63, 3.8) is 0 Å².